The van der Waals surface area contributed by atoms with Crippen molar-refractivity contribution in [2.75, 3.05) is 10.2 Å². The van der Waals surface area contributed by atoms with Gasteiger partial charge in [0.2, 0.25) is 0 Å². The van der Waals surface area contributed by atoms with Crippen molar-refractivity contribution in [3.05, 3.63) is 77.1 Å². The number of amides is 1. The van der Waals surface area contributed by atoms with Gasteiger partial charge in [-0.2, -0.15) is 23.5 Å². The van der Waals surface area contributed by atoms with E-state index in [2.05, 4.69) is 31.6 Å². The fourth-order valence-corrected chi connectivity index (χ4v) is 4.71. The van der Waals surface area contributed by atoms with Gasteiger partial charge in [0, 0.05) is 17.2 Å². The van der Waals surface area contributed by atoms with Crippen LogP contribution < -0.4 is 10.2 Å². The number of aromatic amines is 1. The van der Waals surface area contributed by atoms with Crippen molar-refractivity contribution in [3.8, 4) is 28.6 Å². The summed E-state index contributed by atoms with van der Waals surface area (Å²) in [4.78, 5) is 23.6. The number of hydrogen-bond acceptors (Lipinski definition) is 6. The van der Waals surface area contributed by atoms with E-state index >= 15 is 0 Å². The average molecular weight is 532 g/mol. The van der Waals surface area contributed by atoms with Crippen molar-refractivity contribution in [1.29, 1.82) is 5.26 Å². The van der Waals surface area contributed by atoms with Gasteiger partial charge in [0.15, 0.2) is 5.82 Å². The number of nitrogens with zero attached hydrogens (tertiary/aromatic N) is 5. The van der Waals surface area contributed by atoms with E-state index < -0.39 is 17.6 Å². The first kappa shape index (κ1) is 25.9. The highest BCUT2D eigenvalue weighted by Crippen LogP contribution is 2.41. The van der Waals surface area contributed by atoms with Crippen LogP contribution in [0.4, 0.5) is 24.8 Å². The second-order valence-corrected chi connectivity index (χ2v) is 9.30. The minimum Gasteiger partial charge on any atom is -0.366 e. The van der Waals surface area contributed by atoms with E-state index in [1.165, 1.54) is 17.3 Å². The highest BCUT2D eigenvalue weighted by Gasteiger charge is 2.40. The number of pyridine rings is 1. The van der Waals surface area contributed by atoms with Gasteiger partial charge in [-0.05, 0) is 59.9 Å². The molecular formula is C28H24F3N7O. The third kappa shape index (κ3) is 5.05. The van der Waals surface area contributed by atoms with Crippen molar-refractivity contribution in [3.63, 3.8) is 0 Å². The van der Waals surface area contributed by atoms with Crippen LogP contribution in [0.3, 0.4) is 0 Å². The van der Waals surface area contributed by atoms with Crippen LogP contribution in [0.1, 0.15) is 47.3 Å². The number of nitriles is 1. The van der Waals surface area contributed by atoms with E-state index in [1.807, 2.05) is 31.2 Å². The summed E-state index contributed by atoms with van der Waals surface area (Å²) in [6.07, 6.45) is -2.64. The van der Waals surface area contributed by atoms with Gasteiger partial charge in [-0.25, -0.2) is 9.97 Å². The molecule has 1 atom stereocenters. The molecule has 198 valence electrons. The second kappa shape index (κ2) is 10.2. The zero-order valence-corrected chi connectivity index (χ0v) is 21.2. The number of anilines is 2. The molecule has 2 N–H and O–H groups in total. The summed E-state index contributed by atoms with van der Waals surface area (Å²) in [5.74, 6) is 0.559. The van der Waals surface area contributed by atoms with E-state index in [4.69, 9.17) is 5.26 Å². The summed E-state index contributed by atoms with van der Waals surface area (Å²) in [5.41, 5.74) is 1.75. The van der Waals surface area contributed by atoms with Gasteiger partial charge in [-0.15, -0.1) is 0 Å². The van der Waals surface area contributed by atoms with Gasteiger partial charge in [-0.1, -0.05) is 31.2 Å². The Labute approximate surface area is 222 Å². The lowest BCUT2D eigenvalue weighted by Gasteiger charge is -2.20. The predicted molar refractivity (Wildman–Crippen MR) is 140 cm³/mol. The van der Waals surface area contributed by atoms with Crippen molar-refractivity contribution in [2.24, 2.45) is 0 Å². The Morgan fingerprint density at radius 3 is 2.59 bits per heavy atom. The molecule has 39 heavy (non-hydrogen) atoms. The molecular weight excluding hydrogens is 507 g/mol. The van der Waals surface area contributed by atoms with Gasteiger partial charge in [0.1, 0.15) is 18.0 Å². The fraction of sp³-hybridized carbons (Fsp3) is 0.250. The minimum atomic E-state index is -4.60. The van der Waals surface area contributed by atoms with E-state index in [0.29, 0.717) is 29.2 Å². The Morgan fingerprint density at radius 1 is 1.15 bits per heavy atom. The molecule has 1 amide bonds. The first-order valence-electron chi connectivity index (χ1n) is 12.3. The molecule has 0 fully saturated rings. The van der Waals surface area contributed by atoms with Crippen LogP contribution in [0.25, 0.3) is 22.5 Å². The highest BCUT2D eigenvalue weighted by atomic mass is 19.4. The summed E-state index contributed by atoms with van der Waals surface area (Å²) in [7, 11) is 0. The molecule has 0 bridgehead atoms. The Hall–Kier alpha value is -4.72. The van der Waals surface area contributed by atoms with E-state index in [-0.39, 0.29) is 36.0 Å². The zero-order valence-electron chi connectivity index (χ0n) is 21.2. The van der Waals surface area contributed by atoms with Gasteiger partial charge >= 0.3 is 6.18 Å². The van der Waals surface area contributed by atoms with Crippen LogP contribution in [-0.4, -0.2) is 32.1 Å². The Balaban J connectivity index is 1.64. The normalized spacial score (nSPS) is 13.7. The van der Waals surface area contributed by atoms with Crippen LogP contribution in [-0.2, 0) is 19.1 Å². The lowest BCUT2D eigenvalue weighted by molar-refractivity contribution is -0.138. The number of alkyl halides is 3. The first-order chi connectivity index (χ1) is 18.7. The number of aryl methyl sites for hydroxylation is 1. The van der Waals surface area contributed by atoms with E-state index in [0.717, 1.165) is 17.2 Å². The maximum Gasteiger partial charge on any atom is 0.416 e. The van der Waals surface area contributed by atoms with Gasteiger partial charge in [-0.3, -0.25) is 14.8 Å². The third-order valence-corrected chi connectivity index (χ3v) is 6.60. The smallest absolute Gasteiger partial charge is 0.366 e. The molecule has 8 nitrogen and oxygen atoms in total. The maximum absolute atomic E-state index is 14.0. The molecule has 1 unspecified atom stereocenters. The standard InChI is InChI=1S/C28H24F3N7O/c1-3-17-10-21-22(23(11-17)28(29,30)31)14-38(27(21)39)25-13-18(12-24(36-25)35-16(2)8-9-32)19-6-4-5-7-20(19)26-33-15-34-37-26/h4-7,10-13,15-16H,3,8,14H2,1-2H3,(H,35,36)(H,33,34,37). The first-order valence-corrected chi connectivity index (χ1v) is 12.3. The number of aromatic nitrogens is 4. The molecule has 1 aliphatic rings. The zero-order chi connectivity index (χ0) is 27.7. The molecule has 3 heterocycles. The fourth-order valence-electron chi connectivity index (χ4n) is 4.71. The molecule has 2 aromatic carbocycles. The van der Waals surface area contributed by atoms with Gasteiger partial charge < -0.3 is 5.32 Å². The van der Waals surface area contributed by atoms with E-state index in [1.54, 1.807) is 19.1 Å². The molecule has 0 spiro atoms. The largest absolute Gasteiger partial charge is 0.416 e. The summed E-state index contributed by atoms with van der Waals surface area (Å²) >= 11 is 0. The number of hydrogen-bond donors (Lipinski definition) is 2. The third-order valence-electron chi connectivity index (χ3n) is 6.60. The minimum absolute atomic E-state index is 0.0308. The van der Waals surface area contributed by atoms with Crippen LogP contribution in [0.5, 0.6) is 0 Å². The van der Waals surface area contributed by atoms with Gasteiger partial charge in [0.25, 0.3) is 5.91 Å². The number of halogens is 3. The number of nitrogens with one attached hydrogen (secondary N) is 2. The van der Waals surface area contributed by atoms with Crippen molar-refractivity contribution in [1.82, 2.24) is 20.2 Å². The lowest BCUT2D eigenvalue weighted by atomic mass is 9.98. The predicted octanol–water partition coefficient (Wildman–Crippen LogP) is 5.99. The molecule has 0 saturated carbocycles. The molecule has 1 aliphatic heterocycles. The molecule has 4 aromatic rings. The quantitative estimate of drug-likeness (QED) is 0.303. The topological polar surface area (TPSA) is 111 Å². The summed E-state index contributed by atoms with van der Waals surface area (Å²) in [6, 6.07) is 15.4. The highest BCUT2D eigenvalue weighted by molar-refractivity contribution is 6.10. The summed E-state index contributed by atoms with van der Waals surface area (Å²) in [6.45, 7) is 3.30. The molecule has 11 heteroatoms. The van der Waals surface area contributed by atoms with Crippen LogP contribution >= 0.6 is 0 Å². The Kier molecular flexibility index (Phi) is 6.78. The van der Waals surface area contributed by atoms with Gasteiger partial charge in [0.05, 0.1) is 24.6 Å². The van der Waals surface area contributed by atoms with Crippen molar-refractivity contribution in [2.45, 2.75) is 45.5 Å². The Bertz CT molecular complexity index is 1580. The molecule has 0 radical (unpaired) electrons. The lowest BCUT2D eigenvalue weighted by Crippen LogP contribution is -2.25. The van der Waals surface area contributed by atoms with Crippen LogP contribution in [0.2, 0.25) is 0 Å². The Morgan fingerprint density at radius 2 is 1.92 bits per heavy atom. The number of carbonyl (C=O) groups is 1. The van der Waals surface area contributed by atoms with Crippen molar-refractivity contribution < 1.29 is 18.0 Å². The van der Waals surface area contributed by atoms with Crippen LogP contribution in [0, 0.1) is 11.3 Å². The van der Waals surface area contributed by atoms with Crippen LogP contribution in [0.15, 0.2) is 54.9 Å². The average Bonchev–Trinajstić information content (AvgIpc) is 3.56. The number of carbonyl (C=O) groups excluding carboxylic acids is 1. The SMILES string of the molecule is CCc1cc2c(c(C(F)(F)F)c1)CN(c1cc(-c3ccccc3-c3ncn[nH]3)cc(NC(C)CC#N)n1)C2=O. The van der Waals surface area contributed by atoms with Crippen molar-refractivity contribution >= 4 is 17.5 Å². The molecule has 0 aliphatic carbocycles. The maximum atomic E-state index is 14.0. The van der Waals surface area contributed by atoms with E-state index in [9.17, 15) is 18.0 Å². The molecule has 0 saturated heterocycles. The number of benzene rings is 2. The number of fused-ring (bicyclic) bond motifs is 1. The summed E-state index contributed by atoms with van der Waals surface area (Å²) < 4.78 is 41.9. The second-order valence-electron chi connectivity index (χ2n) is 9.30. The monoisotopic (exact) mass is 531 g/mol. The molecule has 2 aromatic heterocycles. The number of rotatable bonds is 7. The molecule has 5 rings (SSSR count). The number of H-pyrrole nitrogens is 1. The summed E-state index contributed by atoms with van der Waals surface area (Å²) in [5, 5.41) is 19.1.